The lowest BCUT2D eigenvalue weighted by atomic mass is 10.1. The molecule has 0 bridgehead atoms. The molecule has 18 heavy (non-hydrogen) atoms. The van der Waals surface area contributed by atoms with E-state index in [2.05, 4.69) is 67.0 Å². The minimum atomic E-state index is 0.896. The van der Waals surface area contributed by atoms with Crippen molar-refractivity contribution in [1.29, 1.82) is 0 Å². The van der Waals surface area contributed by atoms with Gasteiger partial charge in [0.1, 0.15) is 11.3 Å². The summed E-state index contributed by atoms with van der Waals surface area (Å²) in [5.74, 6) is 0.896. The van der Waals surface area contributed by atoms with Crippen LogP contribution >= 0.6 is 31.9 Å². The summed E-state index contributed by atoms with van der Waals surface area (Å²) in [6.45, 7) is 2.08. The summed E-state index contributed by atoms with van der Waals surface area (Å²) in [6, 6.07) is 12.4. The molecule has 1 N–H and O–H groups in total. The van der Waals surface area contributed by atoms with Crippen molar-refractivity contribution in [2.24, 2.45) is 0 Å². The Balaban J connectivity index is 2.22. The Bertz CT molecular complexity index is 732. The SMILES string of the molecule is Cc1cccc(-c2nc3c(Br)cc(Br)cc3[nH]2)c1. The van der Waals surface area contributed by atoms with Crippen LogP contribution in [0, 0.1) is 6.92 Å². The molecule has 0 saturated carbocycles. The molecule has 0 aliphatic carbocycles. The van der Waals surface area contributed by atoms with Crippen LogP contribution in [-0.2, 0) is 0 Å². The van der Waals surface area contributed by atoms with Crippen molar-refractivity contribution in [2.45, 2.75) is 6.92 Å². The van der Waals surface area contributed by atoms with E-state index >= 15 is 0 Å². The monoisotopic (exact) mass is 364 g/mol. The van der Waals surface area contributed by atoms with E-state index in [1.54, 1.807) is 0 Å². The molecule has 0 spiro atoms. The number of nitrogens with one attached hydrogen (secondary N) is 1. The zero-order valence-corrected chi connectivity index (χ0v) is 12.8. The lowest BCUT2D eigenvalue weighted by Gasteiger charge is -1.97. The molecule has 0 amide bonds. The van der Waals surface area contributed by atoms with Crippen molar-refractivity contribution in [2.75, 3.05) is 0 Å². The quantitative estimate of drug-likeness (QED) is 0.641. The number of hydrogen-bond donors (Lipinski definition) is 1. The maximum absolute atomic E-state index is 4.64. The van der Waals surface area contributed by atoms with Gasteiger partial charge in [-0.25, -0.2) is 4.98 Å². The molecule has 0 fully saturated rings. The van der Waals surface area contributed by atoms with E-state index in [-0.39, 0.29) is 0 Å². The smallest absolute Gasteiger partial charge is 0.138 e. The summed E-state index contributed by atoms with van der Waals surface area (Å²) >= 11 is 7.02. The fraction of sp³-hybridized carbons (Fsp3) is 0.0714. The number of H-pyrrole nitrogens is 1. The zero-order valence-electron chi connectivity index (χ0n) is 9.67. The second kappa shape index (κ2) is 4.52. The summed E-state index contributed by atoms with van der Waals surface area (Å²) in [5.41, 5.74) is 4.31. The van der Waals surface area contributed by atoms with E-state index in [1.807, 2.05) is 18.2 Å². The van der Waals surface area contributed by atoms with Crippen molar-refractivity contribution >= 4 is 42.9 Å². The largest absolute Gasteiger partial charge is 0.338 e. The van der Waals surface area contributed by atoms with Crippen LogP contribution < -0.4 is 0 Å². The number of aromatic nitrogens is 2. The molecular formula is C14H10Br2N2. The van der Waals surface area contributed by atoms with Gasteiger partial charge in [-0.05, 0) is 41.1 Å². The van der Waals surface area contributed by atoms with Gasteiger partial charge in [0.15, 0.2) is 0 Å². The third kappa shape index (κ3) is 2.10. The summed E-state index contributed by atoms with van der Waals surface area (Å²) in [6.07, 6.45) is 0. The molecule has 90 valence electrons. The predicted molar refractivity (Wildman–Crippen MR) is 81.7 cm³/mol. The molecule has 0 radical (unpaired) electrons. The Hall–Kier alpha value is -1.13. The van der Waals surface area contributed by atoms with E-state index in [9.17, 15) is 0 Å². The summed E-state index contributed by atoms with van der Waals surface area (Å²) < 4.78 is 2.02. The van der Waals surface area contributed by atoms with Gasteiger partial charge in [0.25, 0.3) is 0 Å². The Labute approximate surface area is 122 Å². The molecule has 0 atom stereocenters. The lowest BCUT2D eigenvalue weighted by molar-refractivity contribution is 1.32. The Morgan fingerprint density at radius 2 is 1.94 bits per heavy atom. The van der Waals surface area contributed by atoms with E-state index in [4.69, 9.17) is 0 Å². The summed E-state index contributed by atoms with van der Waals surface area (Å²) in [5, 5.41) is 0. The number of benzene rings is 2. The second-order valence-corrected chi connectivity index (χ2v) is 6.01. The maximum Gasteiger partial charge on any atom is 0.138 e. The molecule has 2 nitrogen and oxygen atoms in total. The Morgan fingerprint density at radius 3 is 2.72 bits per heavy atom. The number of aromatic amines is 1. The molecule has 0 saturated heterocycles. The lowest BCUT2D eigenvalue weighted by Crippen LogP contribution is -1.80. The third-order valence-corrected chi connectivity index (χ3v) is 3.86. The van der Waals surface area contributed by atoms with Crippen LogP contribution in [-0.4, -0.2) is 9.97 Å². The molecule has 0 aliphatic heterocycles. The van der Waals surface area contributed by atoms with Crippen LogP contribution in [0.15, 0.2) is 45.3 Å². The third-order valence-electron chi connectivity index (χ3n) is 2.80. The number of rotatable bonds is 1. The highest BCUT2D eigenvalue weighted by Crippen LogP contribution is 2.29. The Morgan fingerprint density at radius 1 is 1.11 bits per heavy atom. The number of imidazole rings is 1. The summed E-state index contributed by atoms with van der Waals surface area (Å²) in [4.78, 5) is 7.99. The van der Waals surface area contributed by atoms with Crippen molar-refractivity contribution in [1.82, 2.24) is 9.97 Å². The fourth-order valence-corrected chi connectivity index (χ4v) is 3.29. The number of nitrogens with zero attached hydrogens (tertiary/aromatic N) is 1. The first-order valence-corrected chi connectivity index (χ1v) is 7.14. The maximum atomic E-state index is 4.64. The highest BCUT2D eigenvalue weighted by atomic mass is 79.9. The average Bonchev–Trinajstić information content (AvgIpc) is 2.73. The van der Waals surface area contributed by atoms with Gasteiger partial charge < -0.3 is 4.98 Å². The molecule has 3 aromatic rings. The summed E-state index contributed by atoms with van der Waals surface area (Å²) in [7, 11) is 0. The molecule has 2 aromatic carbocycles. The number of halogens is 2. The minimum Gasteiger partial charge on any atom is -0.338 e. The van der Waals surface area contributed by atoms with Crippen LogP contribution in [0.4, 0.5) is 0 Å². The van der Waals surface area contributed by atoms with Gasteiger partial charge in [0, 0.05) is 14.5 Å². The van der Waals surface area contributed by atoms with Gasteiger partial charge in [0.2, 0.25) is 0 Å². The molecule has 3 rings (SSSR count). The molecule has 1 heterocycles. The van der Waals surface area contributed by atoms with Gasteiger partial charge in [-0.3, -0.25) is 0 Å². The first kappa shape index (κ1) is 11.9. The zero-order chi connectivity index (χ0) is 12.7. The van der Waals surface area contributed by atoms with Crippen LogP contribution in [0.25, 0.3) is 22.4 Å². The van der Waals surface area contributed by atoms with Crippen LogP contribution in [0.1, 0.15) is 5.56 Å². The van der Waals surface area contributed by atoms with Crippen LogP contribution in [0.2, 0.25) is 0 Å². The van der Waals surface area contributed by atoms with Crippen molar-refractivity contribution in [3.63, 3.8) is 0 Å². The van der Waals surface area contributed by atoms with E-state index in [0.29, 0.717) is 0 Å². The Kier molecular flexibility index (Phi) is 2.99. The van der Waals surface area contributed by atoms with Crippen molar-refractivity contribution < 1.29 is 0 Å². The van der Waals surface area contributed by atoms with E-state index in [0.717, 1.165) is 31.4 Å². The fourth-order valence-electron chi connectivity index (χ4n) is 1.97. The average molecular weight is 366 g/mol. The molecule has 0 unspecified atom stereocenters. The van der Waals surface area contributed by atoms with Crippen molar-refractivity contribution in [3.8, 4) is 11.4 Å². The van der Waals surface area contributed by atoms with Gasteiger partial charge in [-0.15, -0.1) is 0 Å². The highest BCUT2D eigenvalue weighted by Gasteiger charge is 2.08. The van der Waals surface area contributed by atoms with Crippen LogP contribution in [0.5, 0.6) is 0 Å². The van der Waals surface area contributed by atoms with Crippen molar-refractivity contribution in [3.05, 3.63) is 50.9 Å². The number of fused-ring (bicyclic) bond motifs is 1. The minimum absolute atomic E-state index is 0.896. The van der Waals surface area contributed by atoms with Gasteiger partial charge >= 0.3 is 0 Å². The topological polar surface area (TPSA) is 28.7 Å². The molecule has 1 aromatic heterocycles. The van der Waals surface area contributed by atoms with E-state index < -0.39 is 0 Å². The molecule has 0 aliphatic rings. The standard InChI is InChI=1S/C14H10Br2N2/c1-8-3-2-4-9(5-8)14-17-12-7-10(15)6-11(16)13(12)18-14/h2-7H,1H3,(H,17,18). The molecule has 4 heteroatoms. The number of hydrogen-bond acceptors (Lipinski definition) is 1. The van der Waals surface area contributed by atoms with Gasteiger partial charge in [-0.1, -0.05) is 39.7 Å². The van der Waals surface area contributed by atoms with Gasteiger partial charge in [0.05, 0.1) is 5.52 Å². The molecular weight excluding hydrogens is 356 g/mol. The number of aryl methyl sites for hydroxylation is 1. The predicted octanol–water partition coefficient (Wildman–Crippen LogP) is 5.06. The highest BCUT2D eigenvalue weighted by molar-refractivity contribution is 9.11. The normalized spacial score (nSPS) is 11.1. The van der Waals surface area contributed by atoms with E-state index in [1.165, 1.54) is 5.56 Å². The first-order chi connectivity index (χ1) is 8.63. The second-order valence-electron chi connectivity index (χ2n) is 4.24. The van der Waals surface area contributed by atoms with Gasteiger partial charge in [-0.2, -0.15) is 0 Å². The first-order valence-electron chi connectivity index (χ1n) is 5.55. The van der Waals surface area contributed by atoms with Crippen LogP contribution in [0.3, 0.4) is 0 Å².